The van der Waals surface area contributed by atoms with Crippen LogP contribution in [0.15, 0.2) is 48.7 Å². The van der Waals surface area contributed by atoms with E-state index in [0.29, 0.717) is 30.3 Å². The Balaban J connectivity index is 1.37. The van der Waals surface area contributed by atoms with Crippen LogP contribution in [0.25, 0.3) is 10.9 Å². The van der Waals surface area contributed by atoms with Crippen LogP contribution in [0.1, 0.15) is 12.0 Å². The van der Waals surface area contributed by atoms with Crippen molar-refractivity contribution in [2.45, 2.75) is 12.8 Å². The molecule has 2 N–H and O–H groups in total. The van der Waals surface area contributed by atoms with E-state index in [-0.39, 0.29) is 24.2 Å². The third kappa shape index (κ3) is 3.83. The fraction of sp³-hybridized carbons (Fsp3) is 0.304. The highest BCUT2D eigenvalue weighted by Crippen LogP contribution is 2.35. The molecule has 0 bridgehead atoms. The standard InChI is InChI=1S/C23H25N3O4/c1-29-17-7-8-20(21(12-17)30-2)26-14-16(11-22(26)27)23(28)24-10-9-15-13-25-19-6-4-3-5-18(15)19/h3-8,12-13,16,25H,9-11,14H2,1-2H3,(H,24,28). The number of fused-ring (bicyclic) bond motifs is 1. The molecule has 30 heavy (non-hydrogen) atoms. The largest absolute Gasteiger partial charge is 0.497 e. The Hall–Kier alpha value is -3.48. The maximum absolute atomic E-state index is 12.7. The Morgan fingerprint density at radius 3 is 2.83 bits per heavy atom. The average molecular weight is 407 g/mol. The number of hydrogen-bond donors (Lipinski definition) is 2. The van der Waals surface area contributed by atoms with Gasteiger partial charge in [0.1, 0.15) is 11.5 Å². The average Bonchev–Trinajstić information content (AvgIpc) is 3.37. The van der Waals surface area contributed by atoms with E-state index in [9.17, 15) is 9.59 Å². The van der Waals surface area contributed by atoms with Crippen molar-refractivity contribution in [2.24, 2.45) is 5.92 Å². The number of H-pyrrole nitrogens is 1. The van der Waals surface area contributed by atoms with Gasteiger partial charge in [-0.15, -0.1) is 0 Å². The molecule has 1 fully saturated rings. The minimum atomic E-state index is -0.382. The summed E-state index contributed by atoms with van der Waals surface area (Å²) in [5.41, 5.74) is 2.90. The Morgan fingerprint density at radius 2 is 2.03 bits per heavy atom. The monoisotopic (exact) mass is 407 g/mol. The Labute approximate surface area is 175 Å². The molecule has 1 saturated heterocycles. The first-order valence-electron chi connectivity index (χ1n) is 9.96. The molecule has 3 aromatic rings. The zero-order valence-electron chi connectivity index (χ0n) is 17.1. The van der Waals surface area contributed by atoms with Crippen LogP contribution in [0.4, 0.5) is 5.69 Å². The number of para-hydroxylation sites is 1. The van der Waals surface area contributed by atoms with Gasteiger partial charge in [0.25, 0.3) is 0 Å². The molecular formula is C23H25N3O4. The van der Waals surface area contributed by atoms with Gasteiger partial charge < -0.3 is 24.7 Å². The smallest absolute Gasteiger partial charge is 0.227 e. The number of amides is 2. The van der Waals surface area contributed by atoms with Crippen LogP contribution in [0, 0.1) is 5.92 Å². The summed E-state index contributed by atoms with van der Waals surface area (Å²) in [5, 5.41) is 4.15. The van der Waals surface area contributed by atoms with Gasteiger partial charge in [-0.2, -0.15) is 0 Å². The normalized spacial score (nSPS) is 16.1. The SMILES string of the molecule is COc1ccc(N2CC(C(=O)NCCc3c[nH]c4ccccc34)CC2=O)c(OC)c1. The number of carbonyl (C=O) groups excluding carboxylic acids is 2. The molecule has 7 nitrogen and oxygen atoms in total. The molecule has 1 aliphatic heterocycles. The van der Waals surface area contributed by atoms with Crippen LogP contribution in [-0.4, -0.2) is 44.1 Å². The van der Waals surface area contributed by atoms with Gasteiger partial charge in [-0.05, 0) is 30.2 Å². The molecule has 2 heterocycles. The third-order valence-electron chi connectivity index (χ3n) is 5.54. The van der Waals surface area contributed by atoms with Gasteiger partial charge in [0, 0.05) is 42.7 Å². The summed E-state index contributed by atoms with van der Waals surface area (Å²) in [7, 11) is 3.12. The molecule has 0 aliphatic carbocycles. The first kappa shape index (κ1) is 19.8. The summed E-state index contributed by atoms with van der Waals surface area (Å²) >= 11 is 0. The van der Waals surface area contributed by atoms with Gasteiger partial charge in [0.2, 0.25) is 11.8 Å². The number of benzene rings is 2. The Bertz CT molecular complexity index is 1080. The fourth-order valence-corrected chi connectivity index (χ4v) is 3.93. The van der Waals surface area contributed by atoms with Gasteiger partial charge in [-0.1, -0.05) is 18.2 Å². The summed E-state index contributed by atoms with van der Waals surface area (Å²) in [5.74, 6) is 0.623. The van der Waals surface area contributed by atoms with Crippen molar-refractivity contribution in [3.8, 4) is 11.5 Å². The molecule has 156 valence electrons. The van der Waals surface area contributed by atoms with Crippen LogP contribution in [-0.2, 0) is 16.0 Å². The molecule has 7 heteroatoms. The first-order chi connectivity index (χ1) is 14.6. The number of rotatable bonds is 7. The van der Waals surface area contributed by atoms with E-state index >= 15 is 0 Å². The highest BCUT2D eigenvalue weighted by Gasteiger charge is 2.36. The summed E-state index contributed by atoms with van der Waals surface area (Å²) in [6.45, 7) is 0.859. The van der Waals surface area contributed by atoms with Crippen molar-refractivity contribution in [3.05, 3.63) is 54.2 Å². The van der Waals surface area contributed by atoms with Crippen LogP contribution in [0.2, 0.25) is 0 Å². The Kier molecular flexibility index (Phi) is 5.61. The molecule has 0 spiro atoms. The van der Waals surface area contributed by atoms with E-state index in [1.165, 1.54) is 5.39 Å². The van der Waals surface area contributed by atoms with Crippen molar-refractivity contribution >= 4 is 28.4 Å². The quantitative estimate of drug-likeness (QED) is 0.631. The number of aromatic nitrogens is 1. The fourth-order valence-electron chi connectivity index (χ4n) is 3.93. The van der Waals surface area contributed by atoms with Crippen LogP contribution >= 0.6 is 0 Å². The molecule has 2 amide bonds. The summed E-state index contributed by atoms with van der Waals surface area (Å²) in [6, 6.07) is 13.4. The van der Waals surface area contributed by atoms with Crippen LogP contribution < -0.4 is 19.7 Å². The zero-order chi connectivity index (χ0) is 21.1. The second-order valence-electron chi connectivity index (χ2n) is 7.34. The van der Waals surface area contributed by atoms with Crippen LogP contribution in [0.5, 0.6) is 11.5 Å². The predicted molar refractivity (Wildman–Crippen MR) is 115 cm³/mol. The zero-order valence-corrected chi connectivity index (χ0v) is 17.1. The molecule has 0 radical (unpaired) electrons. The lowest BCUT2D eigenvalue weighted by atomic mass is 10.1. The van der Waals surface area contributed by atoms with E-state index in [0.717, 1.165) is 17.5 Å². The molecule has 2 aromatic carbocycles. The first-order valence-corrected chi connectivity index (χ1v) is 9.96. The highest BCUT2D eigenvalue weighted by atomic mass is 16.5. The maximum atomic E-state index is 12.7. The minimum Gasteiger partial charge on any atom is -0.497 e. The minimum absolute atomic E-state index is 0.0877. The number of anilines is 1. The van der Waals surface area contributed by atoms with Gasteiger partial charge in [-0.3, -0.25) is 9.59 Å². The van der Waals surface area contributed by atoms with E-state index in [2.05, 4.69) is 16.4 Å². The van der Waals surface area contributed by atoms with Crippen molar-refractivity contribution in [2.75, 3.05) is 32.2 Å². The van der Waals surface area contributed by atoms with E-state index in [1.54, 1.807) is 37.3 Å². The molecule has 1 unspecified atom stereocenters. The number of carbonyl (C=O) groups is 2. The number of nitrogens with zero attached hydrogens (tertiary/aromatic N) is 1. The van der Waals surface area contributed by atoms with Gasteiger partial charge >= 0.3 is 0 Å². The molecule has 1 atom stereocenters. The van der Waals surface area contributed by atoms with Crippen molar-refractivity contribution in [1.29, 1.82) is 0 Å². The van der Waals surface area contributed by atoms with Gasteiger partial charge in [0.15, 0.2) is 0 Å². The molecule has 4 rings (SSSR count). The van der Waals surface area contributed by atoms with E-state index < -0.39 is 0 Å². The Morgan fingerprint density at radius 1 is 1.20 bits per heavy atom. The lowest BCUT2D eigenvalue weighted by Crippen LogP contribution is -2.34. The number of ether oxygens (including phenoxy) is 2. The lowest BCUT2D eigenvalue weighted by Gasteiger charge is -2.20. The number of nitrogens with one attached hydrogen (secondary N) is 2. The van der Waals surface area contributed by atoms with Gasteiger partial charge in [0.05, 0.1) is 25.8 Å². The second kappa shape index (κ2) is 8.49. The van der Waals surface area contributed by atoms with E-state index in [1.807, 2.05) is 24.4 Å². The number of methoxy groups -OCH3 is 2. The predicted octanol–water partition coefficient (Wildman–Crippen LogP) is 2.90. The summed E-state index contributed by atoms with van der Waals surface area (Å²) in [6.07, 6.45) is 2.90. The summed E-state index contributed by atoms with van der Waals surface area (Å²) < 4.78 is 10.6. The molecular weight excluding hydrogens is 382 g/mol. The van der Waals surface area contributed by atoms with Gasteiger partial charge in [-0.25, -0.2) is 0 Å². The summed E-state index contributed by atoms with van der Waals surface area (Å²) in [4.78, 5) is 30.1. The van der Waals surface area contributed by atoms with Crippen molar-refractivity contribution in [3.63, 3.8) is 0 Å². The lowest BCUT2D eigenvalue weighted by molar-refractivity contribution is -0.126. The van der Waals surface area contributed by atoms with Crippen LogP contribution in [0.3, 0.4) is 0 Å². The molecule has 1 aromatic heterocycles. The number of aromatic amines is 1. The topological polar surface area (TPSA) is 83.7 Å². The highest BCUT2D eigenvalue weighted by molar-refractivity contribution is 6.01. The number of hydrogen-bond acceptors (Lipinski definition) is 4. The van der Waals surface area contributed by atoms with Crippen molar-refractivity contribution < 1.29 is 19.1 Å². The third-order valence-corrected chi connectivity index (χ3v) is 5.54. The van der Waals surface area contributed by atoms with E-state index in [4.69, 9.17) is 9.47 Å². The van der Waals surface area contributed by atoms with Crippen molar-refractivity contribution in [1.82, 2.24) is 10.3 Å². The molecule has 0 saturated carbocycles. The maximum Gasteiger partial charge on any atom is 0.227 e. The molecule has 1 aliphatic rings. The second-order valence-corrected chi connectivity index (χ2v) is 7.34.